The molecule has 0 aliphatic rings. The van der Waals surface area contributed by atoms with E-state index in [9.17, 15) is 4.57 Å². The zero-order valence-electron chi connectivity index (χ0n) is 11.9. The third-order valence-corrected chi connectivity index (χ3v) is 1.54. The average Bonchev–Trinajstić information content (AvgIpc) is 1.81. The summed E-state index contributed by atoms with van der Waals surface area (Å²) in [4.78, 5) is 25.0. The van der Waals surface area contributed by atoms with Crippen molar-refractivity contribution in [3.63, 3.8) is 0 Å². The summed E-state index contributed by atoms with van der Waals surface area (Å²) in [6.45, 7) is 0.402. The van der Waals surface area contributed by atoms with Gasteiger partial charge in [-0.2, -0.15) is 9.90 Å². The van der Waals surface area contributed by atoms with Gasteiger partial charge in [0, 0.05) is 0 Å². The summed E-state index contributed by atoms with van der Waals surface area (Å²) >= 11 is 0. The SMILES string of the molecule is C[N+](C)(C)CCOP(=O)(O)O.O=CO.P.[Ca+2].[H-].[H-]. The molecule has 0 saturated carbocycles. The van der Waals surface area contributed by atoms with Crippen molar-refractivity contribution in [3.05, 3.63) is 0 Å². The molecule has 0 saturated heterocycles. The van der Waals surface area contributed by atoms with Crippen LogP contribution in [0.25, 0.3) is 0 Å². The Labute approximate surface area is 132 Å². The fourth-order valence-corrected chi connectivity index (χ4v) is 0.753. The molecule has 98 valence electrons. The van der Waals surface area contributed by atoms with Crippen molar-refractivity contribution in [2.45, 2.75) is 0 Å². The van der Waals surface area contributed by atoms with Crippen LogP contribution in [0, 0.1) is 0 Å². The molecular weight excluding hydrogens is 284 g/mol. The summed E-state index contributed by atoms with van der Waals surface area (Å²) in [7, 11) is 1.50. The molecule has 0 heterocycles. The van der Waals surface area contributed by atoms with Crippen LogP contribution in [-0.4, -0.2) is 97.9 Å². The molecule has 0 aliphatic heterocycles. The fourth-order valence-electron chi connectivity index (χ4n) is 0.434. The smallest absolute Gasteiger partial charge is 1.00 e. The van der Waals surface area contributed by atoms with Gasteiger partial charge in [-0.1, -0.05) is 0 Å². The number of hydrogen-bond donors (Lipinski definition) is 3. The van der Waals surface area contributed by atoms with Gasteiger partial charge in [0.1, 0.15) is 13.2 Å². The Kier molecular flexibility index (Phi) is 20.6. The van der Waals surface area contributed by atoms with Crippen LogP contribution in [0.4, 0.5) is 0 Å². The molecular formula is C6H22CaNO6P2+. The number of quaternary nitrogens is 1. The second-order valence-corrected chi connectivity index (χ2v) is 4.68. The molecule has 1 atom stereocenters. The molecule has 0 rings (SSSR count). The van der Waals surface area contributed by atoms with Crippen LogP contribution in [0.1, 0.15) is 2.85 Å². The molecule has 3 N–H and O–H groups in total. The van der Waals surface area contributed by atoms with Gasteiger partial charge in [0.05, 0.1) is 21.1 Å². The van der Waals surface area contributed by atoms with Gasteiger partial charge in [-0.25, -0.2) is 4.57 Å². The second kappa shape index (κ2) is 12.7. The van der Waals surface area contributed by atoms with Crippen LogP contribution in [0.3, 0.4) is 0 Å². The Balaban J connectivity index is -0.0000000469. The topological polar surface area (TPSA) is 104 Å². The molecule has 0 aromatic carbocycles. The van der Waals surface area contributed by atoms with E-state index in [2.05, 4.69) is 4.52 Å². The minimum absolute atomic E-state index is 0. The minimum atomic E-state index is -4.26. The van der Waals surface area contributed by atoms with E-state index < -0.39 is 7.82 Å². The first-order valence-corrected chi connectivity index (χ1v) is 5.24. The molecule has 0 aromatic heterocycles. The van der Waals surface area contributed by atoms with Crippen molar-refractivity contribution in [2.75, 3.05) is 34.3 Å². The molecule has 16 heavy (non-hydrogen) atoms. The number of carbonyl (C=O) groups is 1. The summed E-state index contributed by atoms with van der Waals surface area (Å²) < 4.78 is 15.1. The number of hydrogen-bond acceptors (Lipinski definition) is 3. The Bertz CT molecular complexity index is 213. The molecule has 0 fully saturated rings. The number of phosphoric acid groups is 1. The van der Waals surface area contributed by atoms with Crippen molar-refractivity contribution in [1.29, 1.82) is 0 Å². The van der Waals surface area contributed by atoms with E-state index in [1.165, 1.54) is 0 Å². The van der Waals surface area contributed by atoms with Gasteiger partial charge in [0.25, 0.3) is 6.47 Å². The first-order chi connectivity index (χ1) is 6.12. The summed E-state index contributed by atoms with van der Waals surface area (Å²) in [6, 6.07) is 0. The van der Waals surface area contributed by atoms with Crippen LogP contribution < -0.4 is 0 Å². The zero-order valence-corrected chi connectivity index (χ0v) is 14.4. The summed E-state index contributed by atoms with van der Waals surface area (Å²) in [5.41, 5.74) is 0. The normalized spacial score (nSPS) is 10.1. The van der Waals surface area contributed by atoms with Gasteiger partial charge in [0.2, 0.25) is 0 Å². The quantitative estimate of drug-likeness (QED) is 0.277. The second-order valence-electron chi connectivity index (χ2n) is 3.44. The molecule has 10 heteroatoms. The van der Waals surface area contributed by atoms with Crippen LogP contribution in [-0.2, 0) is 13.9 Å². The van der Waals surface area contributed by atoms with Crippen LogP contribution in [0.15, 0.2) is 0 Å². The predicted molar refractivity (Wildman–Crippen MR) is 68.7 cm³/mol. The summed E-state index contributed by atoms with van der Waals surface area (Å²) in [5.74, 6) is 0. The maximum absolute atomic E-state index is 10.2. The van der Waals surface area contributed by atoms with E-state index in [0.29, 0.717) is 11.0 Å². The van der Waals surface area contributed by atoms with Gasteiger partial charge in [-0.15, -0.1) is 0 Å². The molecule has 0 aromatic rings. The van der Waals surface area contributed by atoms with Crippen LogP contribution >= 0.6 is 17.7 Å². The summed E-state index contributed by atoms with van der Waals surface area (Å²) in [6.07, 6.45) is 0. The van der Waals surface area contributed by atoms with Crippen molar-refractivity contribution in [2.24, 2.45) is 0 Å². The van der Waals surface area contributed by atoms with Crippen molar-refractivity contribution < 1.29 is 36.1 Å². The maximum Gasteiger partial charge on any atom is 2.00 e. The number of carboxylic acid groups (broad SMARTS) is 1. The Morgan fingerprint density at radius 3 is 1.88 bits per heavy atom. The van der Waals surface area contributed by atoms with Gasteiger partial charge < -0.3 is 22.2 Å². The van der Waals surface area contributed by atoms with Crippen LogP contribution in [0.5, 0.6) is 0 Å². The average molecular weight is 306 g/mol. The number of phosphoric ester groups is 1. The first-order valence-electron chi connectivity index (χ1n) is 3.71. The standard InChI is InChI=1S/C5H14NO4P.CH2O2.Ca.H3P.2H/c1-6(2,3)4-5-10-11(7,8)9;2-1-3;;;;/h4-5H2,1-3H3,(H-,7,8,9);1H,(H,2,3);;1H3;;/q;;+2;;2*-1/p+1. The largest absolute Gasteiger partial charge is 2.00 e. The monoisotopic (exact) mass is 306 g/mol. The van der Waals surface area contributed by atoms with Gasteiger partial charge in [-0.05, 0) is 0 Å². The van der Waals surface area contributed by atoms with Crippen molar-refractivity contribution in [1.82, 2.24) is 0 Å². The van der Waals surface area contributed by atoms with Gasteiger partial charge in [-0.3, -0.25) is 9.32 Å². The third-order valence-electron chi connectivity index (χ3n) is 1.02. The zero-order chi connectivity index (χ0) is 11.8. The molecule has 0 spiro atoms. The molecule has 0 radical (unpaired) electrons. The number of likely N-dealkylation sites (N-methyl/N-ethyl adjacent to an activating group) is 1. The van der Waals surface area contributed by atoms with Crippen LogP contribution in [0.2, 0.25) is 0 Å². The number of rotatable bonds is 4. The molecule has 0 bridgehead atoms. The molecule has 7 nitrogen and oxygen atoms in total. The number of nitrogens with zero attached hydrogens (tertiary/aromatic N) is 1. The predicted octanol–water partition coefficient (Wildman–Crippen LogP) is -0.595. The van der Waals surface area contributed by atoms with E-state index in [1.807, 2.05) is 21.1 Å². The van der Waals surface area contributed by atoms with Gasteiger partial charge in [0.15, 0.2) is 0 Å². The van der Waals surface area contributed by atoms with E-state index in [-0.39, 0.29) is 63.6 Å². The van der Waals surface area contributed by atoms with E-state index in [4.69, 9.17) is 19.7 Å². The van der Waals surface area contributed by atoms with Crippen molar-refractivity contribution in [3.8, 4) is 0 Å². The van der Waals surface area contributed by atoms with E-state index in [0.717, 1.165) is 0 Å². The van der Waals surface area contributed by atoms with Crippen molar-refractivity contribution >= 4 is 61.9 Å². The first kappa shape index (κ1) is 25.9. The third kappa shape index (κ3) is 36.2. The fraction of sp³-hybridized carbons (Fsp3) is 0.833. The maximum atomic E-state index is 10.2. The molecule has 1 unspecified atom stereocenters. The molecule has 0 amide bonds. The van der Waals surface area contributed by atoms with E-state index >= 15 is 0 Å². The summed E-state index contributed by atoms with van der Waals surface area (Å²) in [5, 5.41) is 6.89. The Morgan fingerprint density at radius 2 is 1.69 bits per heavy atom. The van der Waals surface area contributed by atoms with Gasteiger partial charge >= 0.3 is 45.6 Å². The minimum Gasteiger partial charge on any atom is -1.00 e. The van der Waals surface area contributed by atoms with E-state index in [1.54, 1.807) is 0 Å². The Hall–Kier alpha value is 1.23. The Morgan fingerprint density at radius 1 is 1.38 bits per heavy atom. The molecule has 0 aliphatic carbocycles.